The average Bonchev–Trinajstić information content (AvgIpc) is 2.56. The first-order chi connectivity index (χ1) is 12.3. The van der Waals surface area contributed by atoms with E-state index in [9.17, 15) is 18.4 Å². The van der Waals surface area contributed by atoms with Crippen LogP contribution in [0.25, 0.3) is 0 Å². The number of nitrogens with one attached hydrogen (secondary N) is 2. The third-order valence-electron chi connectivity index (χ3n) is 3.44. The van der Waals surface area contributed by atoms with E-state index >= 15 is 0 Å². The highest BCUT2D eigenvalue weighted by Crippen LogP contribution is 2.37. The molecule has 2 aromatic rings. The lowest BCUT2D eigenvalue weighted by Crippen LogP contribution is -2.20. The van der Waals surface area contributed by atoms with Crippen LogP contribution in [0.3, 0.4) is 0 Å². The van der Waals surface area contributed by atoms with Crippen LogP contribution < -0.4 is 10.9 Å². The van der Waals surface area contributed by atoms with Crippen molar-refractivity contribution in [3.05, 3.63) is 44.8 Å². The van der Waals surface area contributed by atoms with Gasteiger partial charge in [-0.1, -0.05) is 41.2 Å². The molecule has 1 amide bonds. The number of hydrogen-bond acceptors (Lipinski definition) is 5. The minimum absolute atomic E-state index is 0.00944. The van der Waals surface area contributed by atoms with Crippen LogP contribution in [-0.2, 0) is 11.2 Å². The van der Waals surface area contributed by atoms with Gasteiger partial charge in [0.25, 0.3) is 11.3 Å². The number of carbonyl (C=O) groups excluding carboxylic acids is 1. The number of rotatable bonds is 7. The van der Waals surface area contributed by atoms with Gasteiger partial charge in [-0.2, -0.15) is 8.78 Å². The fraction of sp³-hybridized carbons (Fsp3) is 0.312. The Balaban J connectivity index is 2.09. The van der Waals surface area contributed by atoms with Crippen molar-refractivity contribution >= 4 is 46.7 Å². The molecule has 0 spiro atoms. The number of thioether (sulfide) groups is 2. The lowest BCUT2D eigenvalue weighted by molar-refractivity contribution is -0.116. The van der Waals surface area contributed by atoms with Crippen molar-refractivity contribution in [3.63, 3.8) is 0 Å². The molecule has 5 nitrogen and oxygen atoms in total. The topological polar surface area (TPSA) is 74.8 Å². The molecule has 10 heteroatoms. The van der Waals surface area contributed by atoms with Crippen LogP contribution in [0.4, 0.5) is 14.5 Å². The van der Waals surface area contributed by atoms with Crippen molar-refractivity contribution in [3.8, 4) is 0 Å². The highest BCUT2D eigenvalue weighted by molar-refractivity contribution is 7.99. The van der Waals surface area contributed by atoms with Crippen LogP contribution in [0, 0.1) is 6.92 Å². The molecule has 0 saturated heterocycles. The molecule has 0 aliphatic carbocycles. The number of halogens is 3. The Morgan fingerprint density at radius 3 is 2.77 bits per heavy atom. The van der Waals surface area contributed by atoms with E-state index in [-0.39, 0.29) is 45.8 Å². The second-order valence-electron chi connectivity index (χ2n) is 5.18. The van der Waals surface area contributed by atoms with Gasteiger partial charge in [0.1, 0.15) is 0 Å². The van der Waals surface area contributed by atoms with Crippen molar-refractivity contribution in [2.45, 2.75) is 35.6 Å². The molecule has 0 unspecified atom stereocenters. The Morgan fingerprint density at radius 1 is 1.42 bits per heavy atom. The molecule has 0 aliphatic rings. The smallest absolute Gasteiger partial charge is 0.289 e. The SMILES string of the molecule is CSc1nc(C)c(CCC(=O)Nc2cccc(Cl)c2SC(F)F)c(=O)[nH]1. The summed E-state index contributed by atoms with van der Waals surface area (Å²) in [5.41, 5.74) is 0.912. The van der Waals surface area contributed by atoms with Crippen LogP contribution in [0.5, 0.6) is 0 Å². The maximum absolute atomic E-state index is 12.7. The number of anilines is 1. The van der Waals surface area contributed by atoms with Gasteiger partial charge in [0.2, 0.25) is 5.91 Å². The number of hydrogen-bond donors (Lipinski definition) is 2. The molecule has 1 aromatic heterocycles. The summed E-state index contributed by atoms with van der Waals surface area (Å²) in [7, 11) is 0. The lowest BCUT2D eigenvalue weighted by Gasteiger charge is -2.12. The Kier molecular flexibility index (Phi) is 7.48. The molecule has 2 N–H and O–H groups in total. The molecular formula is C16H16ClF2N3O2S2. The highest BCUT2D eigenvalue weighted by Gasteiger charge is 2.16. The molecule has 1 aromatic carbocycles. The van der Waals surface area contributed by atoms with Gasteiger partial charge in [-0.15, -0.1) is 0 Å². The van der Waals surface area contributed by atoms with Crippen LogP contribution in [0.2, 0.25) is 5.02 Å². The second kappa shape index (κ2) is 9.38. The van der Waals surface area contributed by atoms with Gasteiger partial charge < -0.3 is 10.3 Å². The predicted octanol–water partition coefficient (Wildman–Crippen LogP) is 4.34. The van der Waals surface area contributed by atoms with E-state index < -0.39 is 11.7 Å². The first-order valence-electron chi connectivity index (χ1n) is 7.48. The van der Waals surface area contributed by atoms with Gasteiger partial charge in [0.05, 0.1) is 15.6 Å². The largest absolute Gasteiger partial charge is 0.325 e. The molecule has 0 aliphatic heterocycles. The normalized spacial score (nSPS) is 11.0. The Labute approximate surface area is 162 Å². The summed E-state index contributed by atoms with van der Waals surface area (Å²) in [5, 5.41) is 3.22. The number of benzene rings is 1. The van der Waals surface area contributed by atoms with Crippen molar-refractivity contribution in [2.24, 2.45) is 0 Å². The third kappa shape index (κ3) is 5.46. The number of aromatic amines is 1. The standard InChI is InChI=1S/C16H16ClF2N3O2S2/c1-8-9(14(24)22-16(20-8)25-2)6-7-12(23)21-11-5-3-4-10(17)13(11)26-15(18)19/h3-5,15H,6-7H2,1-2H3,(H,21,23)(H,20,22,24). The molecule has 0 radical (unpaired) electrons. The number of carbonyl (C=O) groups is 1. The maximum Gasteiger partial charge on any atom is 0.289 e. The van der Waals surface area contributed by atoms with E-state index in [0.29, 0.717) is 16.4 Å². The van der Waals surface area contributed by atoms with Gasteiger partial charge in [0.15, 0.2) is 5.16 Å². The summed E-state index contributed by atoms with van der Waals surface area (Å²) in [6.45, 7) is 1.70. The monoisotopic (exact) mass is 419 g/mol. The lowest BCUT2D eigenvalue weighted by atomic mass is 10.1. The van der Waals surface area contributed by atoms with Crippen LogP contribution in [0.15, 0.2) is 33.0 Å². The first-order valence-corrected chi connectivity index (χ1v) is 9.97. The molecule has 0 fully saturated rings. The Morgan fingerprint density at radius 2 is 2.15 bits per heavy atom. The maximum atomic E-state index is 12.7. The molecule has 0 saturated carbocycles. The van der Waals surface area contributed by atoms with Crippen molar-refractivity contribution in [1.82, 2.24) is 9.97 Å². The van der Waals surface area contributed by atoms with Gasteiger partial charge in [0, 0.05) is 17.7 Å². The third-order valence-corrected chi connectivity index (χ3v) is 5.30. The predicted molar refractivity (Wildman–Crippen MR) is 102 cm³/mol. The van der Waals surface area contributed by atoms with Crippen molar-refractivity contribution < 1.29 is 13.6 Å². The zero-order valence-electron chi connectivity index (χ0n) is 13.9. The van der Waals surface area contributed by atoms with E-state index in [2.05, 4.69) is 15.3 Å². The zero-order valence-corrected chi connectivity index (χ0v) is 16.3. The fourth-order valence-corrected chi connectivity index (χ4v) is 3.58. The summed E-state index contributed by atoms with van der Waals surface area (Å²) >= 11 is 7.53. The van der Waals surface area contributed by atoms with Gasteiger partial charge >= 0.3 is 0 Å². The van der Waals surface area contributed by atoms with Gasteiger partial charge in [-0.3, -0.25) is 9.59 Å². The summed E-state index contributed by atoms with van der Waals surface area (Å²) in [6.07, 6.45) is 1.99. The number of nitrogens with zero attached hydrogens (tertiary/aromatic N) is 1. The molecule has 140 valence electrons. The summed E-state index contributed by atoms with van der Waals surface area (Å²) < 4.78 is 25.4. The Bertz CT molecular complexity index is 862. The van der Waals surface area contributed by atoms with E-state index in [0.717, 1.165) is 0 Å². The molecule has 1 heterocycles. The molecule has 26 heavy (non-hydrogen) atoms. The summed E-state index contributed by atoms with van der Waals surface area (Å²) in [4.78, 5) is 31.3. The average molecular weight is 420 g/mol. The van der Waals surface area contributed by atoms with Crippen LogP contribution in [0.1, 0.15) is 17.7 Å². The molecular weight excluding hydrogens is 404 g/mol. The minimum Gasteiger partial charge on any atom is -0.325 e. The Hall–Kier alpha value is -1.58. The number of H-pyrrole nitrogens is 1. The van der Waals surface area contributed by atoms with Crippen molar-refractivity contribution in [2.75, 3.05) is 11.6 Å². The second-order valence-corrected chi connectivity index (χ2v) is 7.38. The molecule has 0 atom stereocenters. The van der Waals surface area contributed by atoms with Gasteiger partial charge in [-0.25, -0.2) is 4.98 Å². The summed E-state index contributed by atoms with van der Waals surface area (Å²) in [5.74, 6) is -3.07. The molecule has 2 rings (SSSR count). The number of amides is 1. The van der Waals surface area contributed by atoms with E-state index in [1.54, 1.807) is 19.2 Å². The minimum atomic E-state index is -2.66. The van der Waals surface area contributed by atoms with Gasteiger partial charge in [-0.05, 0) is 31.7 Å². The fourth-order valence-electron chi connectivity index (χ4n) is 2.24. The van der Waals surface area contributed by atoms with Crippen LogP contribution in [-0.4, -0.2) is 27.9 Å². The summed E-state index contributed by atoms with van der Waals surface area (Å²) in [6, 6.07) is 4.54. The van der Waals surface area contributed by atoms with E-state index in [1.807, 2.05) is 0 Å². The number of aryl methyl sites for hydroxylation is 1. The van der Waals surface area contributed by atoms with Crippen LogP contribution >= 0.6 is 35.1 Å². The molecule has 0 bridgehead atoms. The quantitative estimate of drug-likeness (QED) is 0.515. The van der Waals surface area contributed by atoms with E-state index in [4.69, 9.17) is 11.6 Å². The van der Waals surface area contributed by atoms with Crippen molar-refractivity contribution in [1.29, 1.82) is 0 Å². The zero-order chi connectivity index (χ0) is 19.3. The number of alkyl halides is 2. The van der Waals surface area contributed by atoms with E-state index in [1.165, 1.54) is 23.9 Å². The highest BCUT2D eigenvalue weighted by atomic mass is 35.5. The first kappa shape index (κ1) is 20.7. The number of aromatic nitrogens is 2.